The number of nitrogens with one attached hydrogen (secondary N) is 1. The Labute approximate surface area is 114 Å². The highest BCUT2D eigenvalue weighted by Crippen LogP contribution is 2.31. The Morgan fingerprint density at radius 2 is 2.11 bits per heavy atom. The molecule has 0 saturated carbocycles. The maximum Gasteiger partial charge on any atom is 0.123 e. The number of nitrogens with two attached hydrogens (primary N) is 1. The number of hydrogen-bond acceptors (Lipinski definition) is 3. The molecule has 0 saturated heterocycles. The number of aromatic nitrogens is 2. The second-order valence-electron chi connectivity index (χ2n) is 4.74. The first-order chi connectivity index (χ1) is 9.15. The lowest BCUT2D eigenvalue weighted by Crippen LogP contribution is -2.15. The van der Waals surface area contributed by atoms with Crippen molar-refractivity contribution in [3.63, 3.8) is 0 Å². The summed E-state index contributed by atoms with van der Waals surface area (Å²) < 4.78 is 5.71. The third-order valence-corrected chi connectivity index (χ3v) is 3.16. The molecule has 0 spiro atoms. The first-order valence-corrected chi connectivity index (χ1v) is 6.61. The third-order valence-electron chi connectivity index (χ3n) is 3.16. The Balaban J connectivity index is 2.44. The predicted octanol–water partition coefficient (Wildman–Crippen LogP) is 2.52. The highest BCUT2D eigenvalue weighted by Gasteiger charge is 2.19. The molecule has 1 aromatic heterocycles. The number of benzene rings is 1. The molecule has 1 aromatic carbocycles. The van der Waals surface area contributed by atoms with Crippen LogP contribution in [0, 0.1) is 13.8 Å². The summed E-state index contributed by atoms with van der Waals surface area (Å²) in [5, 5.41) is 7.31. The van der Waals surface area contributed by atoms with E-state index < -0.39 is 0 Å². The summed E-state index contributed by atoms with van der Waals surface area (Å²) in [6.07, 6.45) is 0. The molecular formula is C15H21N3O. The van der Waals surface area contributed by atoms with Crippen LogP contribution in [0.15, 0.2) is 24.3 Å². The van der Waals surface area contributed by atoms with Crippen LogP contribution in [0.1, 0.15) is 35.4 Å². The number of ether oxygens (including phenoxy) is 1. The second-order valence-corrected chi connectivity index (χ2v) is 4.74. The van der Waals surface area contributed by atoms with E-state index in [1.807, 2.05) is 26.0 Å². The molecule has 102 valence electrons. The summed E-state index contributed by atoms with van der Waals surface area (Å²) in [7, 11) is 0. The van der Waals surface area contributed by atoms with Crippen molar-refractivity contribution in [2.75, 3.05) is 13.2 Å². The predicted molar refractivity (Wildman–Crippen MR) is 76.6 cm³/mol. The fourth-order valence-electron chi connectivity index (χ4n) is 2.25. The van der Waals surface area contributed by atoms with E-state index in [1.54, 1.807) is 0 Å². The SMILES string of the molecule is CCOc1ccc(C)cc1C(CN)c1cc(C)[nH]n1. The Kier molecular flexibility index (Phi) is 4.22. The van der Waals surface area contributed by atoms with Crippen molar-refractivity contribution in [2.24, 2.45) is 5.73 Å². The monoisotopic (exact) mass is 259 g/mol. The van der Waals surface area contributed by atoms with Gasteiger partial charge in [-0.15, -0.1) is 0 Å². The Bertz CT molecular complexity index is 548. The topological polar surface area (TPSA) is 63.9 Å². The second kappa shape index (κ2) is 5.89. The van der Waals surface area contributed by atoms with E-state index >= 15 is 0 Å². The van der Waals surface area contributed by atoms with Gasteiger partial charge in [-0.2, -0.15) is 5.10 Å². The molecule has 4 nitrogen and oxygen atoms in total. The van der Waals surface area contributed by atoms with Crippen molar-refractivity contribution >= 4 is 0 Å². The molecule has 0 aliphatic carbocycles. The summed E-state index contributed by atoms with van der Waals surface area (Å²) in [5.41, 5.74) is 10.3. The zero-order chi connectivity index (χ0) is 13.8. The van der Waals surface area contributed by atoms with Crippen molar-refractivity contribution in [3.8, 4) is 5.75 Å². The maximum atomic E-state index is 5.95. The molecule has 3 N–H and O–H groups in total. The van der Waals surface area contributed by atoms with Gasteiger partial charge >= 0.3 is 0 Å². The lowest BCUT2D eigenvalue weighted by atomic mass is 9.93. The molecule has 2 aromatic rings. The van der Waals surface area contributed by atoms with Crippen molar-refractivity contribution < 1.29 is 4.74 Å². The lowest BCUT2D eigenvalue weighted by molar-refractivity contribution is 0.335. The molecule has 1 atom stereocenters. The smallest absolute Gasteiger partial charge is 0.123 e. The van der Waals surface area contributed by atoms with E-state index in [0.29, 0.717) is 13.2 Å². The largest absolute Gasteiger partial charge is 0.494 e. The molecule has 0 fully saturated rings. The van der Waals surface area contributed by atoms with Gasteiger partial charge in [0.2, 0.25) is 0 Å². The lowest BCUT2D eigenvalue weighted by Gasteiger charge is -2.18. The van der Waals surface area contributed by atoms with Gasteiger partial charge in [-0.25, -0.2) is 0 Å². The molecule has 1 unspecified atom stereocenters. The van der Waals surface area contributed by atoms with Crippen LogP contribution in [0.2, 0.25) is 0 Å². The number of nitrogens with zero attached hydrogens (tertiary/aromatic N) is 1. The van der Waals surface area contributed by atoms with E-state index in [2.05, 4.69) is 29.3 Å². The average Bonchev–Trinajstić information content (AvgIpc) is 2.80. The van der Waals surface area contributed by atoms with E-state index in [4.69, 9.17) is 10.5 Å². The van der Waals surface area contributed by atoms with Crippen LogP contribution in [-0.2, 0) is 0 Å². The van der Waals surface area contributed by atoms with E-state index in [1.165, 1.54) is 5.56 Å². The van der Waals surface area contributed by atoms with Gasteiger partial charge in [-0.1, -0.05) is 17.7 Å². The van der Waals surface area contributed by atoms with Gasteiger partial charge in [-0.05, 0) is 32.9 Å². The van der Waals surface area contributed by atoms with E-state index in [0.717, 1.165) is 22.7 Å². The van der Waals surface area contributed by atoms with Crippen molar-refractivity contribution in [1.82, 2.24) is 10.2 Å². The van der Waals surface area contributed by atoms with Crippen LogP contribution >= 0.6 is 0 Å². The van der Waals surface area contributed by atoms with Crippen LogP contribution in [0.25, 0.3) is 0 Å². The molecule has 0 amide bonds. The van der Waals surface area contributed by atoms with Crippen LogP contribution in [-0.4, -0.2) is 23.3 Å². The summed E-state index contributed by atoms with van der Waals surface area (Å²) in [5.74, 6) is 0.954. The van der Waals surface area contributed by atoms with E-state index in [9.17, 15) is 0 Å². The zero-order valence-corrected chi connectivity index (χ0v) is 11.7. The number of aryl methyl sites for hydroxylation is 2. The average molecular weight is 259 g/mol. The molecular weight excluding hydrogens is 238 g/mol. The first kappa shape index (κ1) is 13.6. The molecule has 0 bridgehead atoms. The van der Waals surface area contributed by atoms with Gasteiger partial charge < -0.3 is 10.5 Å². The molecule has 0 radical (unpaired) electrons. The highest BCUT2D eigenvalue weighted by molar-refractivity contribution is 5.43. The Hall–Kier alpha value is -1.81. The van der Waals surface area contributed by atoms with Crippen LogP contribution in [0.4, 0.5) is 0 Å². The number of aromatic amines is 1. The van der Waals surface area contributed by atoms with Crippen LogP contribution < -0.4 is 10.5 Å². The zero-order valence-electron chi connectivity index (χ0n) is 11.7. The number of hydrogen-bond donors (Lipinski definition) is 2. The van der Waals surface area contributed by atoms with Gasteiger partial charge in [0.25, 0.3) is 0 Å². The Morgan fingerprint density at radius 1 is 1.32 bits per heavy atom. The first-order valence-electron chi connectivity index (χ1n) is 6.61. The number of rotatable bonds is 5. The Morgan fingerprint density at radius 3 is 2.68 bits per heavy atom. The van der Waals surface area contributed by atoms with Crippen LogP contribution in [0.5, 0.6) is 5.75 Å². The summed E-state index contributed by atoms with van der Waals surface area (Å²) >= 11 is 0. The summed E-state index contributed by atoms with van der Waals surface area (Å²) in [6.45, 7) is 7.20. The quantitative estimate of drug-likeness (QED) is 0.867. The van der Waals surface area contributed by atoms with Gasteiger partial charge in [0.15, 0.2) is 0 Å². The van der Waals surface area contributed by atoms with E-state index in [-0.39, 0.29) is 5.92 Å². The van der Waals surface area contributed by atoms with Gasteiger partial charge in [0.1, 0.15) is 5.75 Å². The molecule has 19 heavy (non-hydrogen) atoms. The van der Waals surface area contributed by atoms with Gasteiger partial charge in [0.05, 0.1) is 12.3 Å². The minimum absolute atomic E-state index is 0.0615. The minimum Gasteiger partial charge on any atom is -0.494 e. The molecule has 0 aliphatic rings. The molecule has 1 heterocycles. The maximum absolute atomic E-state index is 5.95. The fourth-order valence-corrected chi connectivity index (χ4v) is 2.25. The molecule has 0 aliphatic heterocycles. The van der Waals surface area contributed by atoms with Gasteiger partial charge in [0, 0.05) is 23.7 Å². The normalized spacial score (nSPS) is 12.4. The van der Waals surface area contributed by atoms with Crippen LogP contribution in [0.3, 0.4) is 0 Å². The third kappa shape index (κ3) is 2.96. The fraction of sp³-hybridized carbons (Fsp3) is 0.400. The summed E-state index contributed by atoms with van der Waals surface area (Å²) in [6, 6.07) is 8.23. The van der Waals surface area contributed by atoms with Gasteiger partial charge in [-0.3, -0.25) is 5.10 Å². The van der Waals surface area contributed by atoms with Crippen molar-refractivity contribution in [1.29, 1.82) is 0 Å². The summed E-state index contributed by atoms with van der Waals surface area (Å²) in [4.78, 5) is 0. The minimum atomic E-state index is 0.0615. The molecule has 4 heteroatoms. The highest BCUT2D eigenvalue weighted by atomic mass is 16.5. The van der Waals surface area contributed by atoms with Crippen molar-refractivity contribution in [3.05, 3.63) is 46.8 Å². The standard InChI is InChI=1S/C15H21N3O/c1-4-19-15-6-5-10(2)7-12(15)13(9-16)14-8-11(3)17-18-14/h5-8,13H,4,9,16H2,1-3H3,(H,17,18). The molecule has 2 rings (SSSR count). The van der Waals surface area contributed by atoms with Crippen molar-refractivity contribution in [2.45, 2.75) is 26.7 Å². The number of H-pyrrole nitrogens is 1.